The number of benzene rings is 2. The molecule has 0 atom stereocenters. The minimum Gasteiger partial charge on any atom is -0.495 e. The van der Waals surface area contributed by atoms with E-state index in [0.29, 0.717) is 10.9 Å². The number of ether oxygens (including phenoxy) is 1. The summed E-state index contributed by atoms with van der Waals surface area (Å²) < 4.78 is 5.39. The first-order chi connectivity index (χ1) is 10.3. The van der Waals surface area contributed by atoms with E-state index in [4.69, 9.17) is 16.3 Å². The highest BCUT2D eigenvalue weighted by Gasteiger charge is 2.09. The molecule has 0 radical (unpaired) electrons. The Morgan fingerprint density at radius 2 is 1.81 bits per heavy atom. The van der Waals surface area contributed by atoms with Crippen LogP contribution in [0.25, 0.3) is 10.8 Å². The third kappa shape index (κ3) is 2.67. The van der Waals surface area contributed by atoms with Gasteiger partial charge in [0.2, 0.25) is 0 Å². The van der Waals surface area contributed by atoms with Crippen molar-refractivity contribution in [1.29, 1.82) is 0 Å². The first kappa shape index (κ1) is 13.4. The van der Waals surface area contributed by atoms with Crippen molar-refractivity contribution >= 4 is 22.4 Å². The molecule has 3 aromatic rings. The average Bonchev–Trinajstić information content (AvgIpc) is 2.54. The second-order valence-corrected chi connectivity index (χ2v) is 4.71. The maximum absolute atomic E-state index is 6.08. The normalized spacial score (nSPS) is 10.0. The summed E-state index contributed by atoms with van der Waals surface area (Å²) in [5.41, 5.74) is 1.69. The zero-order valence-electron chi connectivity index (χ0n) is 11.3. The molecule has 102 valence electrons. The number of methoxy groups -OCH3 is 1. The fourth-order valence-electron chi connectivity index (χ4n) is 2.06. The van der Waals surface area contributed by atoms with Crippen LogP contribution in [0.2, 0.25) is 5.15 Å². The molecule has 21 heavy (non-hydrogen) atoms. The van der Waals surface area contributed by atoms with Crippen LogP contribution < -0.4 is 4.74 Å². The molecule has 0 amide bonds. The topological polar surface area (TPSA) is 35.0 Å². The molecule has 4 heteroatoms. The van der Waals surface area contributed by atoms with E-state index in [2.05, 4.69) is 22.0 Å². The van der Waals surface area contributed by atoms with Crippen LogP contribution in [0.3, 0.4) is 0 Å². The summed E-state index contributed by atoms with van der Waals surface area (Å²) in [4.78, 5) is 0. The first-order valence-electron chi connectivity index (χ1n) is 6.34. The summed E-state index contributed by atoms with van der Waals surface area (Å²) in [5.74, 6) is 6.97. The first-order valence-corrected chi connectivity index (χ1v) is 6.72. The Morgan fingerprint density at radius 3 is 2.57 bits per heavy atom. The van der Waals surface area contributed by atoms with Gasteiger partial charge in [-0.3, -0.25) is 0 Å². The van der Waals surface area contributed by atoms with Gasteiger partial charge in [0.1, 0.15) is 5.75 Å². The lowest BCUT2D eigenvalue weighted by Gasteiger charge is -2.07. The number of hydrogen-bond acceptors (Lipinski definition) is 3. The monoisotopic (exact) mass is 294 g/mol. The van der Waals surface area contributed by atoms with Crippen LogP contribution in [0.4, 0.5) is 0 Å². The van der Waals surface area contributed by atoms with Crippen molar-refractivity contribution in [3.05, 3.63) is 64.9 Å². The van der Waals surface area contributed by atoms with E-state index < -0.39 is 0 Å². The fraction of sp³-hybridized carbons (Fsp3) is 0.0588. The van der Waals surface area contributed by atoms with E-state index >= 15 is 0 Å². The molecule has 0 aliphatic heterocycles. The Morgan fingerprint density at radius 1 is 1.00 bits per heavy atom. The van der Waals surface area contributed by atoms with Crippen molar-refractivity contribution in [1.82, 2.24) is 10.2 Å². The van der Waals surface area contributed by atoms with Gasteiger partial charge in [-0.2, -0.15) is 5.10 Å². The van der Waals surface area contributed by atoms with Crippen molar-refractivity contribution in [2.45, 2.75) is 0 Å². The van der Waals surface area contributed by atoms with Gasteiger partial charge in [-0.05, 0) is 24.3 Å². The molecule has 1 heterocycles. The van der Waals surface area contributed by atoms with Gasteiger partial charge in [-0.1, -0.05) is 41.6 Å². The minimum atomic E-state index is 0.359. The van der Waals surface area contributed by atoms with Crippen LogP contribution in [-0.2, 0) is 0 Å². The number of fused-ring (bicyclic) bond motifs is 1. The van der Waals surface area contributed by atoms with E-state index in [0.717, 1.165) is 21.9 Å². The van der Waals surface area contributed by atoms with Crippen LogP contribution in [0.1, 0.15) is 11.1 Å². The van der Waals surface area contributed by atoms with E-state index in [-0.39, 0.29) is 0 Å². The molecule has 0 N–H and O–H groups in total. The molecule has 0 unspecified atom stereocenters. The van der Waals surface area contributed by atoms with E-state index in [1.165, 1.54) is 0 Å². The fourth-order valence-corrected chi connectivity index (χ4v) is 2.27. The van der Waals surface area contributed by atoms with Gasteiger partial charge in [0, 0.05) is 16.3 Å². The predicted molar refractivity (Wildman–Crippen MR) is 83.5 cm³/mol. The number of nitrogens with zero attached hydrogens (tertiary/aromatic N) is 2. The molecule has 0 saturated carbocycles. The standard InChI is InChI=1S/C17H11ClN2O/c1-21-16-10-9-14-15(11-19-20-17(14)18)13(16)8-7-12-5-3-2-4-6-12/h2-6,9-11H,1H3. The molecule has 3 rings (SSSR count). The number of hydrogen-bond donors (Lipinski definition) is 0. The van der Waals surface area contributed by atoms with Crippen LogP contribution in [0.15, 0.2) is 48.7 Å². The molecule has 3 nitrogen and oxygen atoms in total. The summed E-state index contributed by atoms with van der Waals surface area (Å²) in [6, 6.07) is 13.5. The molecule has 0 aliphatic carbocycles. The maximum atomic E-state index is 6.08. The third-order valence-corrected chi connectivity index (χ3v) is 3.37. The summed E-state index contributed by atoms with van der Waals surface area (Å²) in [6.07, 6.45) is 1.65. The quantitative estimate of drug-likeness (QED) is 0.642. The summed E-state index contributed by atoms with van der Waals surface area (Å²) in [7, 11) is 1.62. The number of aromatic nitrogens is 2. The Kier molecular flexibility index (Phi) is 3.72. The Labute approximate surface area is 127 Å². The van der Waals surface area contributed by atoms with E-state index in [9.17, 15) is 0 Å². The molecule has 1 aromatic heterocycles. The van der Waals surface area contributed by atoms with Crippen molar-refractivity contribution in [2.24, 2.45) is 0 Å². The summed E-state index contributed by atoms with van der Waals surface area (Å²) in [6.45, 7) is 0. The zero-order chi connectivity index (χ0) is 14.7. The molecule has 0 bridgehead atoms. The molecule has 2 aromatic carbocycles. The van der Waals surface area contributed by atoms with Crippen LogP contribution >= 0.6 is 11.6 Å². The highest BCUT2D eigenvalue weighted by atomic mass is 35.5. The highest BCUT2D eigenvalue weighted by molar-refractivity contribution is 6.34. The van der Waals surface area contributed by atoms with Gasteiger partial charge >= 0.3 is 0 Å². The Balaban J connectivity index is 2.21. The molecule has 0 saturated heterocycles. The van der Waals surface area contributed by atoms with Crippen molar-refractivity contribution < 1.29 is 4.74 Å². The van der Waals surface area contributed by atoms with Gasteiger partial charge in [0.15, 0.2) is 5.15 Å². The Bertz CT molecular complexity index is 851. The van der Waals surface area contributed by atoms with Gasteiger partial charge in [-0.25, -0.2) is 0 Å². The summed E-state index contributed by atoms with van der Waals surface area (Å²) >= 11 is 6.08. The number of halogens is 1. The van der Waals surface area contributed by atoms with Gasteiger partial charge in [0.25, 0.3) is 0 Å². The van der Waals surface area contributed by atoms with Crippen LogP contribution in [0.5, 0.6) is 5.75 Å². The van der Waals surface area contributed by atoms with Gasteiger partial charge in [-0.15, -0.1) is 5.10 Å². The zero-order valence-corrected chi connectivity index (χ0v) is 12.1. The van der Waals surface area contributed by atoms with Gasteiger partial charge < -0.3 is 4.74 Å². The highest BCUT2D eigenvalue weighted by Crippen LogP contribution is 2.29. The van der Waals surface area contributed by atoms with Crippen molar-refractivity contribution in [3.8, 4) is 17.6 Å². The van der Waals surface area contributed by atoms with E-state index in [1.54, 1.807) is 13.3 Å². The second-order valence-electron chi connectivity index (χ2n) is 4.36. The van der Waals surface area contributed by atoms with E-state index in [1.807, 2.05) is 42.5 Å². The molecular weight excluding hydrogens is 284 g/mol. The number of rotatable bonds is 1. The lowest BCUT2D eigenvalue weighted by Crippen LogP contribution is -1.92. The largest absolute Gasteiger partial charge is 0.495 e. The third-order valence-electron chi connectivity index (χ3n) is 3.09. The van der Waals surface area contributed by atoms with Crippen LogP contribution in [-0.4, -0.2) is 17.3 Å². The molecule has 0 aliphatic rings. The van der Waals surface area contributed by atoms with Crippen molar-refractivity contribution in [3.63, 3.8) is 0 Å². The molecule has 0 spiro atoms. The van der Waals surface area contributed by atoms with Crippen LogP contribution in [0, 0.1) is 11.8 Å². The minimum absolute atomic E-state index is 0.359. The molecular formula is C17H11ClN2O. The molecule has 0 fully saturated rings. The van der Waals surface area contributed by atoms with Crippen molar-refractivity contribution in [2.75, 3.05) is 7.11 Å². The SMILES string of the molecule is COc1ccc2c(Cl)nncc2c1C#Cc1ccccc1. The Hall–Kier alpha value is -2.57. The lowest BCUT2D eigenvalue weighted by atomic mass is 10.1. The smallest absolute Gasteiger partial charge is 0.159 e. The second kappa shape index (κ2) is 5.82. The average molecular weight is 295 g/mol. The van der Waals surface area contributed by atoms with Gasteiger partial charge in [0.05, 0.1) is 18.9 Å². The summed E-state index contributed by atoms with van der Waals surface area (Å²) in [5, 5.41) is 9.75. The maximum Gasteiger partial charge on any atom is 0.159 e. The predicted octanol–water partition coefficient (Wildman–Crippen LogP) is 3.69. The lowest BCUT2D eigenvalue weighted by molar-refractivity contribution is 0.414.